The molecule has 0 N–H and O–H groups in total. The zero-order chi connectivity index (χ0) is 20.6. The molecule has 3 heteroatoms. The molecule has 0 saturated heterocycles. The third-order valence-corrected chi connectivity index (χ3v) is 6.05. The summed E-state index contributed by atoms with van der Waals surface area (Å²) in [7, 11) is 1.31. The summed E-state index contributed by atoms with van der Waals surface area (Å²) in [5.41, 5.74) is 2.20. The monoisotopic (exact) mass is 396 g/mol. The number of hydrogen-bond donors (Lipinski definition) is 0. The summed E-state index contributed by atoms with van der Waals surface area (Å²) in [5, 5.41) is 0. The smallest absolute Gasteiger partial charge is 0.201 e. The van der Waals surface area contributed by atoms with Gasteiger partial charge in [-0.05, 0) is 67.3 Å². The molecule has 1 fully saturated rings. The summed E-state index contributed by atoms with van der Waals surface area (Å²) in [6.07, 6.45) is 10.6. The van der Waals surface area contributed by atoms with Gasteiger partial charge in [-0.2, -0.15) is 4.39 Å². The Hall–Kier alpha value is -2.34. The zero-order valence-electron chi connectivity index (χ0n) is 17.4. The van der Waals surface area contributed by atoms with Crippen LogP contribution in [0.4, 0.5) is 8.78 Å². The van der Waals surface area contributed by atoms with E-state index in [0.29, 0.717) is 5.92 Å². The van der Waals surface area contributed by atoms with Gasteiger partial charge in [0.2, 0.25) is 5.82 Å². The summed E-state index contributed by atoms with van der Waals surface area (Å²) in [6, 6.07) is 11.1. The maximum absolute atomic E-state index is 14.0. The summed E-state index contributed by atoms with van der Waals surface area (Å²) in [5.74, 6) is 5.12. The van der Waals surface area contributed by atoms with Crippen LogP contribution in [-0.4, -0.2) is 7.11 Å². The first kappa shape index (κ1) is 21.4. The van der Waals surface area contributed by atoms with E-state index in [9.17, 15) is 8.78 Å². The van der Waals surface area contributed by atoms with E-state index < -0.39 is 11.6 Å². The lowest BCUT2D eigenvalue weighted by Crippen LogP contribution is -2.13. The highest BCUT2D eigenvalue weighted by Crippen LogP contribution is 2.37. The highest BCUT2D eigenvalue weighted by atomic mass is 19.2. The van der Waals surface area contributed by atoms with E-state index in [-0.39, 0.29) is 11.3 Å². The fourth-order valence-corrected chi connectivity index (χ4v) is 4.23. The van der Waals surface area contributed by atoms with Crippen LogP contribution in [0.3, 0.4) is 0 Å². The van der Waals surface area contributed by atoms with E-state index in [4.69, 9.17) is 4.74 Å². The predicted octanol–water partition coefficient (Wildman–Crippen LogP) is 7.23. The normalized spacial score (nSPS) is 18.8. The highest BCUT2D eigenvalue weighted by Gasteiger charge is 2.21. The maximum atomic E-state index is 14.0. The van der Waals surface area contributed by atoms with Gasteiger partial charge in [0.25, 0.3) is 0 Å². The van der Waals surface area contributed by atoms with Gasteiger partial charge in [-0.15, -0.1) is 0 Å². The summed E-state index contributed by atoms with van der Waals surface area (Å²) >= 11 is 0. The number of benzene rings is 2. The molecule has 3 rings (SSSR count). The van der Waals surface area contributed by atoms with Crippen molar-refractivity contribution < 1.29 is 13.5 Å². The van der Waals surface area contributed by atoms with Crippen molar-refractivity contribution in [2.24, 2.45) is 5.92 Å². The van der Waals surface area contributed by atoms with E-state index in [1.807, 2.05) is 12.1 Å². The second kappa shape index (κ2) is 10.4. The molecule has 1 saturated carbocycles. The third-order valence-electron chi connectivity index (χ3n) is 6.05. The molecule has 0 heterocycles. The largest absolute Gasteiger partial charge is 0.494 e. The van der Waals surface area contributed by atoms with Gasteiger partial charge in [-0.25, -0.2) is 4.39 Å². The number of ether oxygens (including phenoxy) is 1. The number of halogens is 2. The van der Waals surface area contributed by atoms with Gasteiger partial charge in [0.15, 0.2) is 11.6 Å². The van der Waals surface area contributed by atoms with Gasteiger partial charge in [-0.3, -0.25) is 0 Å². The standard InChI is InChI=1S/C26H30F2O/c1-3-4-5-6-19-7-12-21(13-8-19)22-14-9-20(10-15-22)11-16-23-17-18-24(29-2)26(28)25(23)27/h9-10,14-15,17-19,21H,3-8,12-13H2,1-2H3. The van der Waals surface area contributed by atoms with Gasteiger partial charge in [-0.1, -0.05) is 56.6 Å². The molecule has 0 aliphatic heterocycles. The van der Waals surface area contributed by atoms with Crippen LogP contribution in [0, 0.1) is 29.4 Å². The van der Waals surface area contributed by atoms with Crippen molar-refractivity contribution in [1.29, 1.82) is 0 Å². The molecule has 1 nitrogen and oxygen atoms in total. The second-order valence-electron chi connectivity index (χ2n) is 8.03. The number of rotatable bonds is 6. The molecule has 0 amide bonds. The van der Waals surface area contributed by atoms with Gasteiger partial charge in [0, 0.05) is 5.56 Å². The van der Waals surface area contributed by atoms with Crippen LogP contribution in [0.25, 0.3) is 0 Å². The Morgan fingerprint density at radius 3 is 2.28 bits per heavy atom. The predicted molar refractivity (Wildman–Crippen MR) is 114 cm³/mol. The Balaban J connectivity index is 1.59. The Labute approximate surface area is 173 Å². The molecular weight excluding hydrogens is 366 g/mol. The van der Waals surface area contributed by atoms with Crippen molar-refractivity contribution in [1.82, 2.24) is 0 Å². The van der Waals surface area contributed by atoms with Crippen molar-refractivity contribution in [3.05, 3.63) is 64.7 Å². The Kier molecular flexibility index (Phi) is 7.69. The van der Waals surface area contributed by atoms with Crippen LogP contribution < -0.4 is 4.74 Å². The van der Waals surface area contributed by atoms with Crippen molar-refractivity contribution >= 4 is 0 Å². The number of hydrogen-bond acceptors (Lipinski definition) is 1. The lowest BCUT2D eigenvalue weighted by molar-refractivity contribution is 0.303. The molecule has 1 aliphatic carbocycles. The quantitative estimate of drug-likeness (QED) is 0.370. The van der Waals surface area contributed by atoms with Gasteiger partial charge >= 0.3 is 0 Å². The second-order valence-corrected chi connectivity index (χ2v) is 8.03. The van der Waals surface area contributed by atoms with Crippen LogP contribution >= 0.6 is 0 Å². The Bertz CT molecular complexity index is 853. The molecule has 29 heavy (non-hydrogen) atoms. The van der Waals surface area contributed by atoms with Crippen molar-refractivity contribution in [3.63, 3.8) is 0 Å². The molecule has 154 valence electrons. The van der Waals surface area contributed by atoms with Crippen LogP contribution in [0.1, 0.15) is 80.9 Å². The van der Waals surface area contributed by atoms with Crippen molar-refractivity contribution in [2.45, 2.75) is 64.2 Å². The first-order valence-corrected chi connectivity index (χ1v) is 10.8. The Morgan fingerprint density at radius 2 is 1.62 bits per heavy atom. The summed E-state index contributed by atoms with van der Waals surface area (Å²) < 4.78 is 32.6. The first-order chi connectivity index (χ1) is 14.1. The summed E-state index contributed by atoms with van der Waals surface area (Å²) in [6.45, 7) is 2.26. The van der Waals surface area contributed by atoms with E-state index in [0.717, 1.165) is 11.5 Å². The summed E-state index contributed by atoms with van der Waals surface area (Å²) in [4.78, 5) is 0. The average molecular weight is 397 g/mol. The fraction of sp³-hybridized carbons (Fsp3) is 0.462. The molecule has 0 bridgehead atoms. The first-order valence-electron chi connectivity index (χ1n) is 10.8. The van der Waals surface area contributed by atoms with Crippen LogP contribution in [0.15, 0.2) is 36.4 Å². The molecule has 0 aromatic heterocycles. The molecule has 0 atom stereocenters. The average Bonchev–Trinajstić information content (AvgIpc) is 2.76. The fourth-order valence-electron chi connectivity index (χ4n) is 4.23. The van der Waals surface area contributed by atoms with Crippen molar-refractivity contribution in [2.75, 3.05) is 7.11 Å². The Morgan fingerprint density at radius 1 is 0.897 bits per heavy atom. The highest BCUT2D eigenvalue weighted by molar-refractivity contribution is 5.46. The van der Waals surface area contributed by atoms with Crippen molar-refractivity contribution in [3.8, 4) is 17.6 Å². The maximum Gasteiger partial charge on any atom is 0.201 e. The van der Waals surface area contributed by atoms with Gasteiger partial charge in [0.1, 0.15) is 0 Å². The topological polar surface area (TPSA) is 9.23 Å². The number of unbranched alkanes of at least 4 members (excludes halogenated alkanes) is 2. The third kappa shape index (κ3) is 5.60. The molecule has 2 aromatic rings. The zero-order valence-corrected chi connectivity index (χ0v) is 17.4. The van der Waals surface area contributed by atoms with Gasteiger partial charge < -0.3 is 4.74 Å². The van der Waals surface area contributed by atoms with E-state index >= 15 is 0 Å². The van der Waals surface area contributed by atoms with E-state index in [1.54, 1.807) is 0 Å². The minimum Gasteiger partial charge on any atom is -0.494 e. The minimum atomic E-state index is -1.00. The molecule has 1 aliphatic rings. The molecule has 0 spiro atoms. The minimum absolute atomic E-state index is 0.0359. The molecular formula is C26H30F2O. The van der Waals surface area contributed by atoms with Crippen LogP contribution in [-0.2, 0) is 0 Å². The van der Waals surface area contributed by atoms with Crippen LogP contribution in [0.2, 0.25) is 0 Å². The molecule has 0 unspecified atom stereocenters. The number of methoxy groups -OCH3 is 1. The molecule has 2 aromatic carbocycles. The van der Waals surface area contributed by atoms with Gasteiger partial charge in [0.05, 0.1) is 12.7 Å². The molecule has 0 radical (unpaired) electrons. The van der Waals surface area contributed by atoms with Crippen LogP contribution in [0.5, 0.6) is 5.75 Å². The SMILES string of the molecule is CCCCCC1CCC(c2ccc(C#Cc3ccc(OC)c(F)c3F)cc2)CC1. The lowest BCUT2D eigenvalue weighted by atomic mass is 9.77. The lowest BCUT2D eigenvalue weighted by Gasteiger charge is -2.29. The van der Waals surface area contributed by atoms with E-state index in [2.05, 4.69) is 30.9 Å². The van der Waals surface area contributed by atoms with E-state index in [1.165, 1.54) is 76.2 Å².